The quantitative estimate of drug-likeness (QED) is 0.838. The van der Waals surface area contributed by atoms with Crippen molar-refractivity contribution in [1.82, 2.24) is 4.90 Å². The maximum atomic E-state index is 12.7. The minimum absolute atomic E-state index is 0.107. The Morgan fingerprint density at radius 3 is 3.00 bits per heavy atom. The van der Waals surface area contributed by atoms with E-state index in [0.717, 1.165) is 36.9 Å². The Kier molecular flexibility index (Phi) is 4.81. The molecule has 0 saturated carbocycles. The first kappa shape index (κ1) is 14.6. The first-order chi connectivity index (χ1) is 9.67. The third-order valence-corrected chi connectivity index (χ3v) is 3.84. The van der Waals surface area contributed by atoms with Gasteiger partial charge in [-0.1, -0.05) is 24.8 Å². The molecular weight excluding hydrogens is 248 g/mol. The van der Waals surface area contributed by atoms with Gasteiger partial charge in [0, 0.05) is 18.2 Å². The number of nitrogens with zero attached hydrogens (tertiary/aromatic N) is 1. The van der Waals surface area contributed by atoms with Crippen LogP contribution in [0, 0.1) is 18.8 Å². The van der Waals surface area contributed by atoms with E-state index in [9.17, 15) is 4.79 Å². The van der Waals surface area contributed by atoms with Crippen LogP contribution in [-0.4, -0.2) is 29.9 Å². The third-order valence-electron chi connectivity index (χ3n) is 3.84. The van der Waals surface area contributed by atoms with Crippen LogP contribution in [0.2, 0.25) is 0 Å². The van der Waals surface area contributed by atoms with Gasteiger partial charge in [0.05, 0.1) is 12.1 Å². The van der Waals surface area contributed by atoms with Crippen molar-refractivity contribution in [3.05, 3.63) is 34.9 Å². The molecule has 2 rings (SSSR count). The molecule has 1 aromatic carbocycles. The maximum absolute atomic E-state index is 12.7. The van der Waals surface area contributed by atoms with E-state index in [4.69, 9.17) is 5.73 Å². The van der Waals surface area contributed by atoms with Gasteiger partial charge in [-0.2, -0.15) is 0 Å². The van der Waals surface area contributed by atoms with Gasteiger partial charge in [0.25, 0.3) is 5.91 Å². The van der Waals surface area contributed by atoms with Crippen LogP contribution in [0.5, 0.6) is 0 Å². The largest absolute Gasteiger partial charge is 0.336 e. The Bertz CT molecular complexity index is 554. The second kappa shape index (κ2) is 6.58. The van der Waals surface area contributed by atoms with Crippen molar-refractivity contribution in [2.24, 2.45) is 5.73 Å². The predicted molar refractivity (Wildman–Crippen MR) is 81.5 cm³/mol. The summed E-state index contributed by atoms with van der Waals surface area (Å²) in [5, 5.41) is 0. The number of nitrogens with two attached hydrogens (primary N) is 1. The Morgan fingerprint density at radius 1 is 1.50 bits per heavy atom. The lowest BCUT2D eigenvalue weighted by Gasteiger charge is -2.24. The number of benzene rings is 1. The second-order valence-electron chi connectivity index (χ2n) is 5.26. The van der Waals surface area contributed by atoms with Crippen molar-refractivity contribution in [2.45, 2.75) is 39.2 Å². The number of hydrogen-bond donors (Lipinski definition) is 1. The van der Waals surface area contributed by atoms with Crippen molar-refractivity contribution in [1.29, 1.82) is 0 Å². The average molecular weight is 270 g/mol. The predicted octanol–water partition coefficient (Wildman–Crippen LogP) is 2.32. The summed E-state index contributed by atoms with van der Waals surface area (Å²) in [6.07, 6.45) is 3.22. The molecule has 1 heterocycles. The molecule has 3 heteroatoms. The first-order valence-electron chi connectivity index (χ1n) is 7.28. The summed E-state index contributed by atoms with van der Waals surface area (Å²) in [5.74, 6) is 5.99. The third kappa shape index (κ3) is 3.02. The van der Waals surface area contributed by atoms with E-state index in [-0.39, 0.29) is 5.91 Å². The molecule has 1 aliphatic rings. The Morgan fingerprint density at radius 2 is 2.30 bits per heavy atom. The number of likely N-dealkylation sites (tertiary alicyclic amines) is 1. The number of carbonyl (C=O) groups excluding carboxylic acids is 1. The van der Waals surface area contributed by atoms with E-state index in [1.54, 1.807) is 0 Å². The van der Waals surface area contributed by atoms with E-state index in [2.05, 4.69) is 18.8 Å². The summed E-state index contributed by atoms with van der Waals surface area (Å²) in [6.45, 7) is 5.31. The molecule has 3 nitrogen and oxygen atoms in total. The van der Waals surface area contributed by atoms with Crippen LogP contribution in [0.25, 0.3) is 0 Å². The fourth-order valence-electron chi connectivity index (χ4n) is 2.78. The number of rotatable bonds is 2. The average Bonchev–Trinajstić information content (AvgIpc) is 2.93. The zero-order chi connectivity index (χ0) is 14.5. The van der Waals surface area contributed by atoms with Gasteiger partial charge in [0.2, 0.25) is 0 Å². The Hall–Kier alpha value is -1.79. The van der Waals surface area contributed by atoms with Crippen LogP contribution in [0.1, 0.15) is 47.7 Å². The molecular formula is C17H22N2O. The molecule has 1 fully saturated rings. The zero-order valence-corrected chi connectivity index (χ0v) is 12.3. The molecule has 1 unspecified atom stereocenters. The monoisotopic (exact) mass is 270 g/mol. The number of amides is 1. The molecule has 1 aromatic rings. The Balaban J connectivity index is 2.34. The molecule has 1 amide bonds. The zero-order valence-electron chi connectivity index (χ0n) is 12.3. The van der Waals surface area contributed by atoms with E-state index >= 15 is 0 Å². The molecule has 1 atom stereocenters. The van der Waals surface area contributed by atoms with E-state index in [1.165, 1.54) is 0 Å². The van der Waals surface area contributed by atoms with Gasteiger partial charge < -0.3 is 10.6 Å². The summed E-state index contributed by atoms with van der Waals surface area (Å²) in [4.78, 5) is 14.7. The molecule has 20 heavy (non-hydrogen) atoms. The highest BCUT2D eigenvalue weighted by atomic mass is 16.2. The summed E-state index contributed by atoms with van der Waals surface area (Å²) < 4.78 is 0. The lowest BCUT2D eigenvalue weighted by molar-refractivity contribution is 0.0733. The van der Waals surface area contributed by atoms with Gasteiger partial charge in [-0.25, -0.2) is 0 Å². The van der Waals surface area contributed by atoms with Crippen molar-refractivity contribution in [3.8, 4) is 11.8 Å². The van der Waals surface area contributed by atoms with E-state index in [1.807, 2.05) is 30.0 Å². The standard InChI is InChI=1S/C17H22N2O/c1-3-15-7-5-11-19(15)17(20)16-9-8-13(2)12-14(16)6-4-10-18/h8-9,12,15H,3,5,7,10-11,18H2,1-2H3. The van der Waals surface area contributed by atoms with Crippen LogP contribution in [0.3, 0.4) is 0 Å². The van der Waals surface area contributed by atoms with Crippen LogP contribution in [0.4, 0.5) is 0 Å². The summed E-state index contributed by atoms with van der Waals surface area (Å²) in [5.41, 5.74) is 8.04. The van der Waals surface area contributed by atoms with Gasteiger partial charge in [0.1, 0.15) is 0 Å². The molecule has 1 saturated heterocycles. The minimum atomic E-state index is 0.107. The van der Waals surface area contributed by atoms with Crippen LogP contribution in [-0.2, 0) is 0 Å². The highest BCUT2D eigenvalue weighted by Crippen LogP contribution is 2.23. The molecule has 1 aliphatic heterocycles. The summed E-state index contributed by atoms with van der Waals surface area (Å²) in [6, 6.07) is 6.20. The van der Waals surface area contributed by atoms with Gasteiger partial charge >= 0.3 is 0 Å². The minimum Gasteiger partial charge on any atom is -0.336 e. The van der Waals surface area contributed by atoms with Crippen molar-refractivity contribution in [2.75, 3.05) is 13.1 Å². The normalized spacial score (nSPS) is 17.8. The maximum Gasteiger partial charge on any atom is 0.255 e. The fourth-order valence-corrected chi connectivity index (χ4v) is 2.78. The van der Waals surface area contributed by atoms with Gasteiger partial charge in [-0.3, -0.25) is 4.79 Å². The number of hydrogen-bond acceptors (Lipinski definition) is 2. The topological polar surface area (TPSA) is 46.3 Å². The lowest BCUT2D eigenvalue weighted by atomic mass is 10.0. The smallest absolute Gasteiger partial charge is 0.255 e. The second-order valence-corrected chi connectivity index (χ2v) is 5.26. The number of carbonyl (C=O) groups is 1. The van der Waals surface area contributed by atoms with Crippen molar-refractivity contribution >= 4 is 5.91 Å². The molecule has 0 bridgehead atoms. The summed E-state index contributed by atoms with van der Waals surface area (Å²) in [7, 11) is 0. The molecule has 0 aromatic heterocycles. The van der Waals surface area contributed by atoms with Crippen molar-refractivity contribution in [3.63, 3.8) is 0 Å². The molecule has 106 valence electrons. The van der Waals surface area contributed by atoms with Gasteiger partial charge in [-0.15, -0.1) is 0 Å². The first-order valence-corrected chi connectivity index (χ1v) is 7.28. The van der Waals surface area contributed by atoms with Crippen LogP contribution >= 0.6 is 0 Å². The Labute approximate surface area is 121 Å². The lowest BCUT2D eigenvalue weighted by Crippen LogP contribution is -2.35. The van der Waals surface area contributed by atoms with Gasteiger partial charge in [-0.05, 0) is 43.9 Å². The van der Waals surface area contributed by atoms with E-state index < -0.39 is 0 Å². The highest BCUT2D eigenvalue weighted by Gasteiger charge is 2.28. The molecule has 2 N–H and O–H groups in total. The SMILES string of the molecule is CCC1CCCN1C(=O)c1ccc(C)cc1C#CCN. The van der Waals surface area contributed by atoms with Crippen LogP contribution in [0.15, 0.2) is 18.2 Å². The fraction of sp³-hybridized carbons (Fsp3) is 0.471. The van der Waals surface area contributed by atoms with Crippen LogP contribution < -0.4 is 5.73 Å². The number of aryl methyl sites for hydroxylation is 1. The highest BCUT2D eigenvalue weighted by molar-refractivity contribution is 5.97. The summed E-state index contributed by atoms with van der Waals surface area (Å²) >= 11 is 0. The molecule has 0 radical (unpaired) electrons. The molecule has 0 spiro atoms. The van der Waals surface area contributed by atoms with E-state index in [0.29, 0.717) is 18.2 Å². The molecule has 0 aliphatic carbocycles. The van der Waals surface area contributed by atoms with Crippen molar-refractivity contribution < 1.29 is 4.79 Å². The van der Waals surface area contributed by atoms with Gasteiger partial charge in [0.15, 0.2) is 0 Å².